The van der Waals surface area contributed by atoms with Gasteiger partial charge in [-0.1, -0.05) is 0 Å². The quantitative estimate of drug-likeness (QED) is 0.753. The molecule has 3 rings (SSSR count). The fourth-order valence-corrected chi connectivity index (χ4v) is 3.34. The second-order valence-corrected chi connectivity index (χ2v) is 6.65. The molecule has 3 N–H and O–H groups in total. The fourth-order valence-electron chi connectivity index (χ4n) is 3.34. The van der Waals surface area contributed by atoms with Crippen LogP contribution in [-0.2, 0) is 6.18 Å². The third kappa shape index (κ3) is 4.46. The first kappa shape index (κ1) is 18.5. The molecule has 0 radical (unpaired) electrons. The van der Waals surface area contributed by atoms with Crippen molar-refractivity contribution in [2.45, 2.75) is 38.4 Å². The monoisotopic (exact) mass is 370 g/mol. The van der Waals surface area contributed by atoms with Crippen molar-refractivity contribution in [2.24, 2.45) is 5.92 Å². The Hall–Kier alpha value is -2.29. The first-order valence-corrected chi connectivity index (χ1v) is 8.57. The summed E-state index contributed by atoms with van der Waals surface area (Å²) >= 11 is 0. The van der Waals surface area contributed by atoms with Gasteiger partial charge in [0.05, 0.1) is 5.56 Å². The number of anilines is 1. The van der Waals surface area contributed by atoms with E-state index in [1.807, 2.05) is 6.92 Å². The molecule has 0 bridgehead atoms. The lowest BCUT2D eigenvalue weighted by molar-refractivity contribution is -0.137. The number of nitrogens with zero attached hydrogens (tertiary/aromatic N) is 1. The molecule has 1 aliphatic heterocycles. The van der Waals surface area contributed by atoms with Crippen LogP contribution in [0.5, 0.6) is 0 Å². The Kier molecular flexibility index (Phi) is 5.36. The van der Waals surface area contributed by atoms with Gasteiger partial charge in [-0.15, -0.1) is 5.10 Å². The highest BCUT2D eigenvalue weighted by molar-refractivity contribution is 5.65. The van der Waals surface area contributed by atoms with Gasteiger partial charge in [0.25, 0.3) is 0 Å². The van der Waals surface area contributed by atoms with Crippen LogP contribution in [0.15, 0.2) is 27.4 Å². The molecule has 0 amide bonds. The molecule has 1 saturated heterocycles. The first-order chi connectivity index (χ1) is 12.3. The summed E-state index contributed by atoms with van der Waals surface area (Å²) in [4.78, 5) is 11.1. The molecule has 1 aromatic heterocycles. The predicted molar refractivity (Wildman–Crippen MR) is 90.9 cm³/mol. The molecule has 6 nitrogen and oxygen atoms in total. The standard InChI is InChI=1S/C17H21F3N4O2/c1-10(8-11-4-6-21-7-5-11)22-14-9-12(15-23-24-16(25)26-15)2-3-13(14)17(18,19)20/h2-3,9-11,21-22H,4-8H2,1H3,(H,24,25). The lowest BCUT2D eigenvalue weighted by Gasteiger charge is -2.27. The van der Waals surface area contributed by atoms with Crippen molar-refractivity contribution in [1.82, 2.24) is 15.5 Å². The molecule has 0 saturated carbocycles. The van der Waals surface area contributed by atoms with Crippen molar-refractivity contribution in [3.8, 4) is 11.5 Å². The molecule has 1 fully saturated rings. The second-order valence-electron chi connectivity index (χ2n) is 6.65. The normalized spacial score (nSPS) is 17.2. The summed E-state index contributed by atoms with van der Waals surface area (Å²) in [5.74, 6) is -0.313. The van der Waals surface area contributed by atoms with Gasteiger partial charge in [0, 0.05) is 17.3 Å². The summed E-state index contributed by atoms with van der Waals surface area (Å²) in [5, 5.41) is 12.0. The maximum atomic E-state index is 13.4. The van der Waals surface area contributed by atoms with E-state index in [2.05, 4.69) is 20.8 Å². The zero-order valence-electron chi connectivity index (χ0n) is 14.3. The molecule has 1 aromatic carbocycles. The molecule has 1 aliphatic rings. The Morgan fingerprint density at radius 1 is 1.35 bits per heavy atom. The van der Waals surface area contributed by atoms with E-state index in [1.54, 1.807) is 0 Å². The summed E-state index contributed by atoms with van der Waals surface area (Å²) in [6.07, 6.45) is -1.64. The van der Waals surface area contributed by atoms with Gasteiger partial charge in [0.15, 0.2) is 0 Å². The van der Waals surface area contributed by atoms with Gasteiger partial charge < -0.3 is 15.1 Å². The number of hydrogen-bond acceptors (Lipinski definition) is 5. The van der Waals surface area contributed by atoms with E-state index in [4.69, 9.17) is 4.42 Å². The zero-order valence-corrected chi connectivity index (χ0v) is 14.3. The number of alkyl halides is 3. The van der Waals surface area contributed by atoms with Gasteiger partial charge in [-0.05, 0) is 63.4 Å². The average Bonchev–Trinajstić information content (AvgIpc) is 3.01. The van der Waals surface area contributed by atoms with Crippen molar-refractivity contribution >= 4 is 5.69 Å². The summed E-state index contributed by atoms with van der Waals surface area (Å²) in [6.45, 7) is 3.77. The molecule has 0 spiro atoms. The molecule has 142 valence electrons. The molecular formula is C17H21F3N4O2. The molecule has 26 heavy (non-hydrogen) atoms. The average molecular weight is 370 g/mol. The molecule has 1 unspecified atom stereocenters. The van der Waals surface area contributed by atoms with E-state index in [1.165, 1.54) is 12.1 Å². The summed E-state index contributed by atoms with van der Waals surface area (Å²) in [7, 11) is 0. The van der Waals surface area contributed by atoms with Crippen LogP contribution in [0.1, 0.15) is 31.7 Å². The molecule has 2 heterocycles. The Morgan fingerprint density at radius 2 is 2.08 bits per heavy atom. The first-order valence-electron chi connectivity index (χ1n) is 8.57. The summed E-state index contributed by atoms with van der Waals surface area (Å²) in [5.41, 5.74) is -0.494. The number of aromatic amines is 1. The lowest BCUT2D eigenvalue weighted by atomic mass is 9.91. The lowest BCUT2D eigenvalue weighted by Crippen LogP contribution is -2.31. The topological polar surface area (TPSA) is 83.0 Å². The third-order valence-electron chi connectivity index (χ3n) is 4.56. The minimum Gasteiger partial charge on any atom is -0.388 e. The van der Waals surface area contributed by atoms with Crippen LogP contribution >= 0.6 is 0 Å². The molecule has 2 aromatic rings. The largest absolute Gasteiger partial charge is 0.434 e. The number of rotatable bonds is 5. The van der Waals surface area contributed by atoms with Crippen molar-refractivity contribution in [3.05, 3.63) is 34.3 Å². The van der Waals surface area contributed by atoms with Gasteiger partial charge in [0.1, 0.15) is 0 Å². The summed E-state index contributed by atoms with van der Waals surface area (Å²) in [6, 6.07) is 3.41. The Morgan fingerprint density at radius 3 is 2.69 bits per heavy atom. The number of piperidine rings is 1. The highest BCUT2D eigenvalue weighted by Crippen LogP contribution is 2.37. The van der Waals surface area contributed by atoms with Crippen LogP contribution < -0.4 is 16.4 Å². The van der Waals surface area contributed by atoms with E-state index in [0.29, 0.717) is 11.5 Å². The smallest absolute Gasteiger partial charge is 0.388 e. The Bertz CT molecular complexity index is 794. The van der Waals surface area contributed by atoms with Crippen LogP contribution in [0.2, 0.25) is 0 Å². The number of aromatic nitrogens is 2. The highest BCUT2D eigenvalue weighted by atomic mass is 19.4. The minimum atomic E-state index is -4.48. The van der Waals surface area contributed by atoms with Crippen molar-refractivity contribution < 1.29 is 17.6 Å². The van der Waals surface area contributed by atoms with Gasteiger partial charge in [-0.3, -0.25) is 0 Å². The number of H-pyrrole nitrogens is 1. The Labute approximate surface area is 148 Å². The van der Waals surface area contributed by atoms with Crippen molar-refractivity contribution in [1.29, 1.82) is 0 Å². The number of halogens is 3. The fraction of sp³-hybridized carbons (Fsp3) is 0.529. The SMILES string of the molecule is CC(CC1CCNCC1)Nc1cc(-c2n[nH]c(=O)o2)ccc1C(F)(F)F. The maximum absolute atomic E-state index is 13.4. The van der Waals surface area contributed by atoms with Crippen LogP contribution in [0.4, 0.5) is 18.9 Å². The molecule has 0 aliphatic carbocycles. The third-order valence-corrected chi connectivity index (χ3v) is 4.56. The maximum Gasteiger partial charge on any atom is 0.434 e. The molecule has 9 heteroatoms. The van der Waals surface area contributed by atoms with Crippen LogP contribution in [0.25, 0.3) is 11.5 Å². The number of benzene rings is 1. The van der Waals surface area contributed by atoms with Crippen LogP contribution in [-0.4, -0.2) is 29.3 Å². The zero-order chi connectivity index (χ0) is 18.7. The molecule has 1 atom stereocenters. The van der Waals surface area contributed by atoms with Crippen molar-refractivity contribution in [2.75, 3.05) is 18.4 Å². The Balaban J connectivity index is 1.83. The van der Waals surface area contributed by atoms with Crippen LogP contribution in [0, 0.1) is 5.92 Å². The van der Waals surface area contributed by atoms with E-state index in [-0.39, 0.29) is 17.6 Å². The van der Waals surface area contributed by atoms with E-state index in [9.17, 15) is 18.0 Å². The number of nitrogens with one attached hydrogen (secondary N) is 3. The second kappa shape index (κ2) is 7.53. The molecular weight excluding hydrogens is 349 g/mol. The van der Waals surface area contributed by atoms with Crippen LogP contribution in [0.3, 0.4) is 0 Å². The summed E-state index contributed by atoms with van der Waals surface area (Å²) < 4.78 is 44.9. The van der Waals surface area contributed by atoms with Gasteiger partial charge >= 0.3 is 11.9 Å². The van der Waals surface area contributed by atoms with Crippen molar-refractivity contribution in [3.63, 3.8) is 0 Å². The van der Waals surface area contributed by atoms with E-state index in [0.717, 1.165) is 38.4 Å². The van der Waals surface area contributed by atoms with Gasteiger partial charge in [-0.2, -0.15) is 13.2 Å². The van der Waals surface area contributed by atoms with E-state index < -0.39 is 17.5 Å². The number of hydrogen-bond donors (Lipinski definition) is 3. The minimum absolute atomic E-state index is 0.0397. The highest BCUT2D eigenvalue weighted by Gasteiger charge is 2.34. The van der Waals surface area contributed by atoms with E-state index >= 15 is 0 Å². The van der Waals surface area contributed by atoms with Gasteiger partial charge in [-0.25, -0.2) is 9.89 Å². The van der Waals surface area contributed by atoms with Gasteiger partial charge in [0.2, 0.25) is 5.89 Å². The predicted octanol–water partition coefficient (Wildman–Crippen LogP) is 3.24.